The lowest BCUT2D eigenvalue weighted by atomic mass is 9.85. The maximum absolute atomic E-state index is 12.7. The molecule has 1 aliphatic heterocycles. The number of aromatic nitrogens is 3. The first-order valence-corrected chi connectivity index (χ1v) is 12.3. The van der Waals surface area contributed by atoms with Gasteiger partial charge in [0.2, 0.25) is 0 Å². The number of nitrogens with one attached hydrogen (secondary N) is 2. The molecule has 2 aromatic heterocycles. The normalized spacial score (nSPS) is 12.6. The van der Waals surface area contributed by atoms with E-state index in [2.05, 4.69) is 54.6 Å². The van der Waals surface area contributed by atoms with Crippen LogP contribution in [0.25, 0.3) is 11.3 Å². The van der Waals surface area contributed by atoms with Crippen molar-refractivity contribution in [2.24, 2.45) is 5.73 Å². The zero-order valence-electron chi connectivity index (χ0n) is 21.4. The molecule has 0 fully saturated rings. The molecule has 8 nitrogen and oxygen atoms in total. The van der Waals surface area contributed by atoms with Gasteiger partial charge in [-0.25, -0.2) is 9.67 Å². The van der Waals surface area contributed by atoms with Crippen molar-refractivity contribution in [3.63, 3.8) is 0 Å². The Bertz CT molecular complexity index is 1510. The highest BCUT2D eigenvalue weighted by molar-refractivity contribution is 6.06. The van der Waals surface area contributed by atoms with Gasteiger partial charge in [-0.2, -0.15) is 5.10 Å². The molecule has 3 heterocycles. The van der Waals surface area contributed by atoms with Crippen LogP contribution >= 0.6 is 0 Å². The largest absolute Gasteiger partial charge is 0.365 e. The third kappa shape index (κ3) is 4.82. The van der Waals surface area contributed by atoms with Gasteiger partial charge in [-0.05, 0) is 60.2 Å². The van der Waals surface area contributed by atoms with Gasteiger partial charge in [0.15, 0.2) is 0 Å². The highest BCUT2D eigenvalue weighted by atomic mass is 16.2. The topological polar surface area (TPSA) is 115 Å². The molecule has 0 radical (unpaired) electrons. The van der Waals surface area contributed by atoms with Crippen molar-refractivity contribution in [2.45, 2.75) is 46.1 Å². The Labute approximate surface area is 215 Å². The second-order valence-electron chi connectivity index (χ2n) is 10.4. The number of pyridine rings is 1. The van der Waals surface area contributed by atoms with E-state index in [1.54, 1.807) is 35.0 Å². The van der Waals surface area contributed by atoms with Crippen LogP contribution in [0.3, 0.4) is 0 Å². The van der Waals surface area contributed by atoms with Crippen molar-refractivity contribution in [2.75, 3.05) is 10.6 Å². The SMILES string of the molecule is Cc1cccc(NC(=O)c2ccc(-c3nn4c(c3C(N)=O)Nc3ccc(C(C)(C)C)cc3CC4)cc2)n1. The minimum absolute atomic E-state index is 0.0417. The van der Waals surface area contributed by atoms with Crippen molar-refractivity contribution < 1.29 is 9.59 Å². The highest BCUT2D eigenvalue weighted by Crippen LogP contribution is 2.36. The van der Waals surface area contributed by atoms with E-state index >= 15 is 0 Å². The van der Waals surface area contributed by atoms with Crippen LogP contribution in [0.5, 0.6) is 0 Å². The zero-order valence-corrected chi connectivity index (χ0v) is 21.4. The average molecular weight is 495 g/mol. The Morgan fingerprint density at radius 2 is 1.81 bits per heavy atom. The number of amides is 2. The molecule has 5 rings (SSSR count). The van der Waals surface area contributed by atoms with Crippen LogP contribution < -0.4 is 16.4 Å². The predicted octanol–water partition coefficient (Wildman–Crippen LogP) is 5.20. The number of rotatable bonds is 4. The molecule has 0 atom stereocenters. The molecule has 8 heteroatoms. The minimum atomic E-state index is -0.564. The molecule has 0 saturated heterocycles. The summed E-state index contributed by atoms with van der Waals surface area (Å²) in [5.74, 6) is 0.236. The quantitative estimate of drug-likeness (QED) is 0.361. The fourth-order valence-electron chi connectivity index (χ4n) is 4.51. The van der Waals surface area contributed by atoms with Crippen molar-refractivity contribution in [1.82, 2.24) is 14.8 Å². The molecule has 4 aromatic rings. The Morgan fingerprint density at radius 3 is 2.49 bits per heavy atom. The summed E-state index contributed by atoms with van der Waals surface area (Å²) in [6, 6.07) is 18.8. The van der Waals surface area contributed by atoms with Gasteiger partial charge < -0.3 is 16.4 Å². The Morgan fingerprint density at radius 1 is 1.05 bits per heavy atom. The maximum atomic E-state index is 12.7. The number of carbonyl (C=O) groups is 2. The van der Waals surface area contributed by atoms with Gasteiger partial charge in [0, 0.05) is 29.1 Å². The number of aryl methyl sites for hydroxylation is 3. The summed E-state index contributed by atoms with van der Waals surface area (Å²) in [6.45, 7) is 9.04. The number of hydrogen-bond donors (Lipinski definition) is 3. The van der Waals surface area contributed by atoms with E-state index in [1.807, 2.05) is 19.1 Å². The van der Waals surface area contributed by atoms with Gasteiger partial charge >= 0.3 is 0 Å². The van der Waals surface area contributed by atoms with Gasteiger partial charge in [0.1, 0.15) is 22.9 Å². The molecular weight excluding hydrogens is 464 g/mol. The molecular formula is C29H30N6O2. The lowest BCUT2D eigenvalue weighted by molar-refractivity contribution is 0.0998. The minimum Gasteiger partial charge on any atom is -0.365 e. The number of carbonyl (C=O) groups excluding carboxylic acids is 2. The van der Waals surface area contributed by atoms with Crippen molar-refractivity contribution in [3.8, 4) is 11.3 Å². The van der Waals surface area contributed by atoms with E-state index < -0.39 is 5.91 Å². The van der Waals surface area contributed by atoms with Crippen LogP contribution in [-0.2, 0) is 18.4 Å². The third-order valence-corrected chi connectivity index (χ3v) is 6.57. The van der Waals surface area contributed by atoms with Crippen LogP contribution in [0.2, 0.25) is 0 Å². The van der Waals surface area contributed by atoms with Crippen LogP contribution in [0.15, 0.2) is 60.7 Å². The van der Waals surface area contributed by atoms with E-state index in [9.17, 15) is 9.59 Å². The summed E-state index contributed by atoms with van der Waals surface area (Å²) in [5.41, 5.74) is 12.1. The molecule has 2 aromatic carbocycles. The van der Waals surface area contributed by atoms with Gasteiger partial charge in [-0.3, -0.25) is 9.59 Å². The number of benzene rings is 2. The fraction of sp³-hybridized carbons (Fsp3) is 0.241. The van der Waals surface area contributed by atoms with Gasteiger partial charge in [-0.15, -0.1) is 0 Å². The van der Waals surface area contributed by atoms with E-state index in [0.29, 0.717) is 40.6 Å². The molecule has 188 valence electrons. The maximum Gasteiger partial charge on any atom is 0.256 e. The average Bonchev–Trinajstić information content (AvgIpc) is 3.11. The number of fused-ring (bicyclic) bond motifs is 2. The molecule has 0 spiro atoms. The first-order chi connectivity index (χ1) is 17.6. The summed E-state index contributed by atoms with van der Waals surface area (Å²) in [7, 11) is 0. The van der Waals surface area contributed by atoms with E-state index in [4.69, 9.17) is 10.8 Å². The van der Waals surface area contributed by atoms with Crippen LogP contribution in [0, 0.1) is 6.92 Å². The molecule has 0 aliphatic carbocycles. The summed E-state index contributed by atoms with van der Waals surface area (Å²) in [6.07, 6.45) is 0.769. The number of nitrogens with two attached hydrogens (primary N) is 1. The van der Waals surface area contributed by atoms with Crippen molar-refractivity contribution in [1.29, 1.82) is 0 Å². The van der Waals surface area contributed by atoms with Gasteiger partial charge in [0.25, 0.3) is 11.8 Å². The molecule has 1 aliphatic rings. The second-order valence-corrected chi connectivity index (χ2v) is 10.4. The monoisotopic (exact) mass is 494 g/mol. The lowest BCUT2D eigenvalue weighted by Gasteiger charge is -2.21. The smallest absolute Gasteiger partial charge is 0.256 e. The molecule has 0 saturated carbocycles. The van der Waals surface area contributed by atoms with Crippen LogP contribution in [0.1, 0.15) is 58.3 Å². The zero-order chi connectivity index (χ0) is 26.3. The standard InChI is InChI=1S/C29H30N6O2/c1-17-6-5-7-23(31-17)33-28(37)19-10-8-18(9-11-19)25-24(26(30)36)27-32-22-13-12-21(29(2,3)4)16-20(22)14-15-35(27)34-25/h5-13,16,32H,14-15H2,1-4H3,(H2,30,36)(H,31,33,37). The molecule has 0 unspecified atom stereocenters. The third-order valence-electron chi connectivity index (χ3n) is 6.57. The van der Waals surface area contributed by atoms with E-state index in [1.165, 1.54) is 11.1 Å². The number of nitrogens with zero attached hydrogens (tertiary/aromatic N) is 3. The van der Waals surface area contributed by atoms with Crippen LogP contribution in [0.4, 0.5) is 17.3 Å². The number of hydrogen-bond acceptors (Lipinski definition) is 5. The van der Waals surface area contributed by atoms with Gasteiger partial charge in [-0.1, -0.05) is 51.1 Å². The first-order valence-electron chi connectivity index (χ1n) is 12.3. The summed E-state index contributed by atoms with van der Waals surface area (Å²) in [4.78, 5) is 29.6. The molecule has 2 amide bonds. The number of primary amides is 1. The highest BCUT2D eigenvalue weighted by Gasteiger charge is 2.27. The predicted molar refractivity (Wildman–Crippen MR) is 145 cm³/mol. The molecule has 0 bridgehead atoms. The van der Waals surface area contributed by atoms with Crippen LogP contribution in [-0.4, -0.2) is 26.6 Å². The fourth-order valence-corrected chi connectivity index (χ4v) is 4.51. The Hall–Kier alpha value is -4.46. The van der Waals surface area contributed by atoms with E-state index in [0.717, 1.165) is 17.8 Å². The summed E-state index contributed by atoms with van der Waals surface area (Å²) in [5, 5.41) is 11.0. The summed E-state index contributed by atoms with van der Waals surface area (Å²) >= 11 is 0. The molecule has 37 heavy (non-hydrogen) atoms. The Kier molecular flexibility index (Phi) is 6.03. The second kappa shape index (κ2) is 9.20. The first kappa shape index (κ1) is 24.2. The summed E-state index contributed by atoms with van der Waals surface area (Å²) < 4.78 is 1.80. The van der Waals surface area contributed by atoms with Crippen molar-refractivity contribution >= 4 is 29.1 Å². The number of anilines is 3. The van der Waals surface area contributed by atoms with E-state index in [-0.39, 0.29) is 11.3 Å². The Balaban J connectivity index is 1.44. The lowest BCUT2D eigenvalue weighted by Crippen LogP contribution is -2.14. The van der Waals surface area contributed by atoms with Crippen molar-refractivity contribution in [3.05, 3.63) is 88.6 Å². The molecule has 4 N–H and O–H groups in total. The van der Waals surface area contributed by atoms with Gasteiger partial charge in [0.05, 0.1) is 0 Å².